The highest BCUT2D eigenvalue weighted by Gasteiger charge is 2.30. The Balaban J connectivity index is 5.10. The summed E-state index contributed by atoms with van der Waals surface area (Å²) in [6, 6.07) is 0. The number of phosphoric ester groups is 2. The number of phosphoric acid groups is 2. The van der Waals surface area contributed by atoms with Crippen LogP contribution in [0.2, 0.25) is 0 Å². The highest BCUT2D eigenvalue weighted by Crippen LogP contribution is 2.45. The maximum absolute atomic E-state index is 13.0. The van der Waals surface area contributed by atoms with Crippen molar-refractivity contribution in [3.63, 3.8) is 0 Å². The molecule has 0 aliphatic carbocycles. The van der Waals surface area contributed by atoms with Crippen molar-refractivity contribution in [2.75, 3.05) is 39.6 Å². The summed E-state index contributed by atoms with van der Waals surface area (Å²) in [6.45, 7) is 7.18. The second-order valence-electron chi connectivity index (χ2n) is 25.0. The third-order valence-electron chi connectivity index (χ3n) is 15.8. The van der Waals surface area contributed by atoms with Gasteiger partial charge >= 0.3 is 39.5 Å². The van der Waals surface area contributed by atoms with E-state index in [4.69, 9.17) is 37.0 Å². The van der Waals surface area contributed by atoms with Gasteiger partial charge in [0.15, 0.2) is 12.2 Å². The topological polar surface area (TPSA) is 237 Å². The minimum atomic E-state index is -4.95. The minimum Gasteiger partial charge on any atom is -0.462 e. The molecule has 2 unspecified atom stereocenters. The predicted octanol–water partition coefficient (Wildman–Crippen LogP) is 19.4. The van der Waals surface area contributed by atoms with Gasteiger partial charge in [-0.15, -0.1) is 0 Å². The molecule has 516 valence electrons. The molecule has 0 aliphatic heterocycles. The first kappa shape index (κ1) is 85.1. The van der Waals surface area contributed by atoms with Crippen molar-refractivity contribution in [3.05, 3.63) is 0 Å². The summed E-state index contributed by atoms with van der Waals surface area (Å²) < 4.78 is 67.9. The van der Waals surface area contributed by atoms with E-state index in [1.165, 1.54) is 148 Å². The third kappa shape index (κ3) is 62.6. The Labute approximate surface area is 530 Å². The van der Waals surface area contributed by atoms with Gasteiger partial charge in [0.25, 0.3) is 0 Å². The number of hydrogen-bond acceptors (Lipinski definition) is 15. The molecule has 0 amide bonds. The monoisotopic (exact) mass is 1280 g/mol. The zero-order chi connectivity index (χ0) is 64.2. The Morgan fingerprint density at radius 2 is 0.529 bits per heavy atom. The Morgan fingerprint density at radius 1 is 0.310 bits per heavy atom. The minimum absolute atomic E-state index is 0.104. The molecule has 0 fully saturated rings. The fraction of sp³-hybridized carbons (Fsp3) is 0.941. The van der Waals surface area contributed by atoms with E-state index in [0.717, 1.165) is 121 Å². The Kier molecular flexibility index (Phi) is 60.2. The molecular formula is C68H132O17P2. The molecule has 0 rings (SSSR count). The van der Waals surface area contributed by atoms with E-state index in [0.29, 0.717) is 25.7 Å². The number of esters is 4. The zero-order valence-corrected chi connectivity index (χ0v) is 57.9. The average Bonchev–Trinajstić information content (AvgIpc) is 3.57. The van der Waals surface area contributed by atoms with E-state index in [1.54, 1.807) is 0 Å². The van der Waals surface area contributed by atoms with Crippen LogP contribution in [0.1, 0.15) is 349 Å². The van der Waals surface area contributed by atoms with Gasteiger partial charge in [0.2, 0.25) is 0 Å². The van der Waals surface area contributed by atoms with Crippen LogP contribution in [0.25, 0.3) is 0 Å². The van der Waals surface area contributed by atoms with E-state index >= 15 is 0 Å². The number of hydrogen-bond donors (Lipinski definition) is 3. The molecule has 0 aromatic rings. The molecule has 87 heavy (non-hydrogen) atoms. The number of aliphatic hydroxyl groups excluding tert-OH is 1. The summed E-state index contributed by atoms with van der Waals surface area (Å²) in [5.74, 6) is -1.31. The van der Waals surface area contributed by atoms with Gasteiger partial charge in [0.1, 0.15) is 19.3 Å². The SMILES string of the molecule is CCCCCCCCCCCCCCC(=O)OC[C@H](COP(=O)(O)OC[C@@H](O)COP(=O)(O)OC[C@@H](COC(=O)CCCCCCCCC)OC(=O)CCCCCCCCC)OC(=O)CCCCCCCCCCCCCCCCCCCCC(C)C. The Hall–Kier alpha value is -1.94. The maximum Gasteiger partial charge on any atom is 0.472 e. The second-order valence-corrected chi connectivity index (χ2v) is 27.9. The van der Waals surface area contributed by atoms with Crippen LogP contribution < -0.4 is 0 Å². The fourth-order valence-corrected chi connectivity index (χ4v) is 11.9. The smallest absolute Gasteiger partial charge is 0.462 e. The summed E-state index contributed by atoms with van der Waals surface area (Å²) in [4.78, 5) is 72.1. The van der Waals surface area contributed by atoms with Crippen LogP contribution in [0.5, 0.6) is 0 Å². The summed E-state index contributed by atoms with van der Waals surface area (Å²) in [5, 5.41) is 10.5. The Bertz CT molecular complexity index is 1690. The molecule has 17 nitrogen and oxygen atoms in total. The van der Waals surface area contributed by atoms with Gasteiger partial charge in [-0.1, -0.05) is 298 Å². The Morgan fingerprint density at radius 3 is 0.782 bits per heavy atom. The van der Waals surface area contributed by atoms with E-state index in [9.17, 15) is 43.2 Å². The van der Waals surface area contributed by atoms with Crippen molar-refractivity contribution in [2.45, 2.75) is 368 Å². The largest absolute Gasteiger partial charge is 0.472 e. The number of ether oxygens (including phenoxy) is 4. The van der Waals surface area contributed by atoms with Gasteiger partial charge in [-0.3, -0.25) is 37.3 Å². The number of rotatable bonds is 68. The number of unbranched alkanes of at least 4 members (excludes halogenated alkanes) is 40. The zero-order valence-electron chi connectivity index (χ0n) is 56.2. The first-order chi connectivity index (χ1) is 42.0. The van der Waals surface area contributed by atoms with Crippen molar-refractivity contribution < 1.29 is 80.2 Å². The molecule has 5 atom stereocenters. The molecular weight excluding hydrogens is 1150 g/mol. The normalized spacial score (nSPS) is 14.1. The van der Waals surface area contributed by atoms with Crippen LogP contribution in [0, 0.1) is 5.92 Å². The van der Waals surface area contributed by atoms with Crippen molar-refractivity contribution in [1.82, 2.24) is 0 Å². The van der Waals surface area contributed by atoms with Crippen molar-refractivity contribution in [2.24, 2.45) is 5.92 Å². The fourth-order valence-electron chi connectivity index (χ4n) is 10.3. The summed E-state index contributed by atoms with van der Waals surface area (Å²) in [7, 11) is -9.88. The van der Waals surface area contributed by atoms with Crippen LogP contribution in [0.15, 0.2) is 0 Å². The van der Waals surface area contributed by atoms with Gasteiger partial charge in [0, 0.05) is 25.7 Å². The molecule has 0 saturated heterocycles. The lowest BCUT2D eigenvalue weighted by atomic mass is 10.0. The molecule has 0 radical (unpaired) electrons. The molecule has 0 aromatic carbocycles. The van der Waals surface area contributed by atoms with Gasteiger partial charge in [0.05, 0.1) is 26.4 Å². The number of carbonyl (C=O) groups is 4. The lowest BCUT2D eigenvalue weighted by Gasteiger charge is -2.21. The summed E-state index contributed by atoms with van der Waals surface area (Å²) >= 11 is 0. The highest BCUT2D eigenvalue weighted by molar-refractivity contribution is 7.47. The predicted molar refractivity (Wildman–Crippen MR) is 349 cm³/mol. The summed E-state index contributed by atoms with van der Waals surface area (Å²) in [5.41, 5.74) is 0. The summed E-state index contributed by atoms with van der Waals surface area (Å²) in [6.07, 6.45) is 47.6. The van der Waals surface area contributed by atoms with E-state index in [-0.39, 0.29) is 25.7 Å². The lowest BCUT2D eigenvalue weighted by molar-refractivity contribution is -0.161. The average molecular weight is 1280 g/mol. The van der Waals surface area contributed by atoms with Gasteiger partial charge in [-0.25, -0.2) is 9.13 Å². The third-order valence-corrected chi connectivity index (χ3v) is 17.7. The van der Waals surface area contributed by atoms with E-state index < -0.39 is 97.5 Å². The second kappa shape index (κ2) is 61.6. The number of carbonyl (C=O) groups excluding carboxylic acids is 4. The molecule has 0 spiro atoms. The molecule has 19 heteroatoms. The van der Waals surface area contributed by atoms with Crippen LogP contribution in [0.3, 0.4) is 0 Å². The number of aliphatic hydroxyl groups is 1. The van der Waals surface area contributed by atoms with E-state index in [2.05, 4.69) is 34.6 Å². The molecule has 0 saturated carbocycles. The van der Waals surface area contributed by atoms with Crippen molar-refractivity contribution in [1.29, 1.82) is 0 Å². The molecule has 0 heterocycles. The molecule has 3 N–H and O–H groups in total. The molecule has 0 aromatic heterocycles. The van der Waals surface area contributed by atoms with Crippen LogP contribution in [-0.2, 0) is 65.4 Å². The van der Waals surface area contributed by atoms with Gasteiger partial charge in [-0.05, 0) is 31.6 Å². The molecule has 0 aliphatic rings. The first-order valence-corrected chi connectivity index (χ1v) is 38.6. The van der Waals surface area contributed by atoms with Crippen molar-refractivity contribution >= 4 is 39.5 Å². The molecule has 0 bridgehead atoms. The quantitative estimate of drug-likeness (QED) is 0.0222. The van der Waals surface area contributed by atoms with Crippen LogP contribution in [-0.4, -0.2) is 96.7 Å². The van der Waals surface area contributed by atoms with Gasteiger partial charge in [-0.2, -0.15) is 0 Å². The lowest BCUT2D eigenvalue weighted by Crippen LogP contribution is -2.30. The van der Waals surface area contributed by atoms with E-state index in [1.807, 2.05) is 0 Å². The van der Waals surface area contributed by atoms with Crippen LogP contribution in [0.4, 0.5) is 0 Å². The van der Waals surface area contributed by atoms with Gasteiger partial charge < -0.3 is 33.8 Å². The standard InChI is InChI=1S/C68H132O17P2/c1-6-9-12-15-18-19-20-30-33-38-42-47-52-66(71)79-58-64(85-68(73)54-49-44-39-34-31-28-26-24-22-21-23-25-27-29-32-37-40-45-50-61(4)5)60-83-87(76,77)81-56-62(69)55-80-86(74,75)82-59-63(84-67(72)53-48-43-36-17-14-11-8-3)57-78-65(70)51-46-41-35-16-13-10-7-2/h61-64,69H,6-60H2,1-5H3,(H,74,75)(H,76,77)/t62-,63+,64+/m0/s1. The highest BCUT2D eigenvalue weighted by atomic mass is 31.2. The van der Waals surface area contributed by atoms with Crippen molar-refractivity contribution in [3.8, 4) is 0 Å². The van der Waals surface area contributed by atoms with Crippen LogP contribution >= 0.6 is 15.6 Å². The first-order valence-electron chi connectivity index (χ1n) is 35.6. The maximum atomic E-state index is 13.0.